The number of aromatic nitrogens is 5. The lowest BCUT2D eigenvalue weighted by Crippen LogP contribution is -2.01. The number of rotatable bonds is 5. The summed E-state index contributed by atoms with van der Waals surface area (Å²) in [4.78, 5) is 5.36. The third-order valence-electron chi connectivity index (χ3n) is 3.94. The van der Waals surface area contributed by atoms with E-state index in [1.807, 2.05) is 24.1 Å². The first-order chi connectivity index (χ1) is 12.1. The van der Waals surface area contributed by atoms with Gasteiger partial charge in [-0.05, 0) is 30.7 Å². The number of nitrogens with one attached hydrogen (secondary N) is 1. The molecule has 1 N–H and O–H groups in total. The second-order valence-corrected chi connectivity index (χ2v) is 6.71. The fraction of sp³-hybridized carbons (Fsp3) is 0.235. The molecule has 4 rings (SSSR count). The lowest BCUT2D eigenvalue weighted by Gasteiger charge is -2.01. The number of imidazole rings is 1. The number of nitrogens with zero attached hydrogens (tertiary/aromatic N) is 5. The van der Waals surface area contributed by atoms with Crippen LogP contribution in [0.4, 0.5) is 9.52 Å². The minimum atomic E-state index is -0.253. The van der Waals surface area contributed by atoms with E-state index in [1.54, 1.807) is 16.6 Å². The van der Waals surface area contributed by atoms with Crippen LogP contribution >= 0.6 is 11.3 Å². The summed E-state index contributed by atoms with van der Waals surface area (Å²) < 4.78 is 16.6. The zero-order valence-corrected chi connectivity index (χ0v) is 14.7. The maximum atomic E-state index is 13.0. The monoisotopic (exact) mass is 356 g/mol. The molecule has 0 fully saturated rings. The molecule has 0 aliphatic rings. The zero-order valence-electron chi connectivity index (χ0n) is 13.9. The molecular weight excluding hydrogens is 339 g/mol. The van der Waals surface area contributed by atoms with E-state index in [9.17, 15) is 4.39 Å². The van der Waals surface area contributed by atoms with Gasteiger partial charge in [0.15, 0.2) is 0 Å². The van der Waals surface area contributed by atoms with Gasteiger partial charge in [0.2, 0.25) is 10.1 Å². The maximum Gasteiger partial charge on any atom is 0.214 e. The Bertz CT molecular complexity index is 982. The Labute approximate surface area is 147 Å². The summed E-state index contributed by atoms with van der Waals surface area (Å²) in [7, 11) is 1.93. The van der Waals surface area contributed by atoms with Gasteiger partial charge in [-0.15, -0.1) is 5.10 Å². The lowest BCUT2D eigenvalue weighted by molar-refractivity contribution is 0.628. The summed E-state index contributed by atoms with van der Waals surface area (Å²) in [5, 5.41) is 13.1. The van der Waals surface area contributed by atoms with Crippen molar-refractivity contribution in [3.8, 4) is 11.3 Å². The van der Waals surface area contributed by atoms with E-state index in [0.29, 0.717) is 6.54 Å². The van der Waals surface area contributed by atoms with E-state index in [1.165, 1.54) is 29.0 Å². The first-order valence-corrected chi connectivity index (χ1v) is 8.81. The summed E-state index contributed by atoms with van der Waals surface area (Å²) in [5.41, 5.74) is 3.92. The van der Waals surface area contributed by atoms with Crippen LogP contribution in [0.5, 0.6) is 0 Å². The fourth-order valence-electron chi connectivity index (χ4n) is 2.73. The molecule has 4 aromatic rings. The number of benzene rings is 1. The third kappa shape index (κ3) is 3.12. The Kier molecular flexibility index (Phi) is 3.96. The fourth-order valence-corrected chi connectivity index (χ4v) is 3.51. The quantitative estimate of drug-likeness (QED) is 0.594. The molecule has 0 bridgehead atoms. The normalized spacial score (nSPS) is 11.3. The Morgan fingerprint density at radius 1 is 1.16 bits per heavy atom. The molecule has 0 aliphatic carbocycles. The van der Waals surface area contributed by atoms with Crippen LogP contribution < -0.4 is 5.32 Å². The van der Waals surface area contributed by atoms with Crippen LogP contribution in [0.1, 0.15) is 18.2 Å². The summed E-state index contributed by atoms with van der Waals surface area (Å²) in [5.74, 6) is -0.253. The molecule has 25 heavy (non-hydrogen) atoms. The lowest BCUT2D eigenvalue weighted by atomic mass is 10.2. The van der Waals surface area contributed by atoms with Gasteiger partial charge in [0.25, 0.3) is 0 Å². The molecule has 3 aromatic heterocycles. The average Bonchev–Trinajstić information content (AvgIpc) is 3.25. The number of aryl methyl sites for hydroxylation is 2. The summed E-state index contributed by atoms with van der Waals surface area (Å²) >= 11 is 1.48. The Hall–Kier alpha value is -2.74. The maximum absolute atomic E-state index is 13.0. The van der Waals surface area contributed by atoms with Crippen LogP contribution in [-0.4, -0.2) is 24.4 Å². The van der Waals surface area contributed by atoms with Crippen LogP contribution in [0, 0.1) is 5.82 Å². The van der Waals surface area contributed by atoms with E-state index in [4.69, 9.17) is 0 Å². The minimum absolute atomic E-state index is 0.253. The smallest absolute Gasteiger partial charge is 0.214 e. The molecule has 128 valence electrons. The highest BCUT2D eigenvalue weighted by molar-refractivity contribution is 7.20. The van der Waals surface area contributed by atoms with Gasteiger partial charge in [0.05, 0.1) is 17.6 Å². The van der Waals surface area contributed by atoms with Crippen LogP contribution in [0.3, 0.4) is 0 Å². The first-order valence-electron chi connectivity index (χ1n) is 8.00. The van der Waals surface area contributed by atoms with Gasteiger partial charge in [0, 0.05) is 30.9 Å². The van der Waals surface area contributed by atoms with Crippen molar-refractivity contribution in [1.82, 2.24) is 24.4 Å². The van der Waals surface area contributed by atoms with Gasteiger partial charge in [-0.1, -0.05) is 18.3 Å². The molecule has 0 atom stereocenters. The van der Waals surface area contributed by atoms with Gasteiger partial charge in [-0.2, -0.15) is 5.10 Å². The van der Waals surface area contributed by atoms with E-state index >= 15 is 0 Å². The Morgan fingerprint density at radius 3 is 2.68 bits per heavy atom. The average molecular weight is 356 g/mol. The third-order valence-corrected chi connectivity index (χ3v) is 4.82. The first kappa shape index (κ1) is 15.8. The molecule has 0 spiro atoms. The Balaban J connectivity index is 1.52. The van der Waals surface area contributed by atoms with Gasteiger partial charge in [-0.3, -0.25) is 4.68 Å². The standard InChI is InChI=1S/C17H17FN6S/c1-3-14-12(9-23(2)21-14)8-19-16-22-24-10-15(20-17(24)25-16)11-4-6-13(18)7-5-11/h4-7,9-10H,3,8H2,1-2H3,(H,19,22). The van der Waals surface area contributed by atoms with Gasteiger partial charge in [-0.25, -0.2) is 13.9 Å². The van der Waals surface area contributed by atoms with Crippen LogP contribution in [0.15, 0.2) is 36.7 Å². The largest absolute Gasteiger partial charge is 0.356 e. The molecule has 8 heteroatoms. The van der Waals surface area contributed by atoms with E-state index in [-0.39, 0.29) is 5.82 Å². The Morgan fingerprint density at radius 2 is 1.96 bits per heavy atom. The van der Waals surface area contributed by atoms with Gasteiger partial charge in [0.1, 0.15) is 5.82 Å². The number of anilines is 1. The molecule has 1 aromatic carbocycles. The van der Waals surface area contributed by atoms with Gasteiger partial charge < -0.3 is 5.32 Å². The summed E-state index contributed by atoms with van der Waals surface area (Å²) in [6.45, 7) is 2.78. The number of hydrogen-bond acceptors (Lipinski definition) is 5. The SMILES string of the molecule is CCc1nn(C)cc1CNc1nn2cc(-c3ccc(F)cc3)nc2s1. The number of hydrogen-bond donors (Lipinski definition) is 1. The molecule has 3 heterocycles. The summed E-state index contributed by atoms with van der Waals surface area (Å²) in [6.07, 6.45) is 4.78. The predicted molar refractivity (Wildman–Crippen MR) is 96.2 cm³/mol. The molecule has 0 saturated heterocycles. The number of halogens is 1. The van der Waals surface area contributed by atoms with Crippen molar-refractivity contribution in [2.75, 3.05) is 5.32 Å². The zero-order chi connectivity index (χ0) is 17.4. The summed E-state index contributed by atoms with van der Waals surface area (Å²) in [6, 6.07) is 6.30. The highest BCUT2D eigenvalue weighted by Gasteiger charge is 2.11. The van der Waals surface area contributed by atoms with Crippen molar-refractivity contribution in [2.24, 2.45) is 7.05 Å². The second-order valence-electron chi connectivity index (χ2n) is 5.75. The van der Waals surface area contributed by atoms with E-state index in [0.717, 1.165) is 33.5 Å². The van der Waals surface area contributed by atoms with E-state index in [2.05, 4.69) is 27.4 Å². The molecule has 0 saturated carbocycles. The van der Waals surface area contributed by atoms with Crippen molar-refractivity contribution >= 4 is 21.4 Å². The van der Waals surface area contributed by atoms with Crippen molar-refractivity contribution < 1.29 is 4.39 Å². The number of fused-ring (bicyclic) bond motifs is 1. The highest BCUT2D eigenvalue weighted by Crippen LogP contribution is 2.25. The van der Waals surface area contributed by atoms with Gasteiger partial charge >= 0.3 is 0 Å². The van der Waals surface area contributed by atoms with Crippen molar-refractivity contribution in [1.29, 1.82) is 0 Å². The van der Waals surface area contributed by atoms with E-state index < -0.39 is 0 Å². The molecule has 0 unspecified atom stereocenters. The van der Waals surface area contributed by atoms with Crippen molar-refractivity contribution in [2.45, 2.75) is 19.9 Å². The molecule has 6 nitrogen and oxygen atoms in total. The second kappa shape index (κ2) is 6.29. The highest BCUT2D eigenvalue weighted by atomic mass is 32.1. The minimum Gasteiger partial charge on any atom is -0.356 e. The van der Waals surface area contributed by atoms with Crippen molar-refractivity contribution in [3.63, 3.8) is 0 Å². The van der Waals surface area contributed by atoms with Crippen LogP contribution in [0.25, 0.3) is 16.2 Å². The van der Waals surface area contributed by atoms with Crippen molar-refractivity contribution in [3.05, 3.63) is 53.7 Å². The molecule has 0 aliphatic heterocycles. The predicted octanol–water partition coefficient (Wildman–Crippen LogP) is 3.50. The molecule has 0 amide bonds. The topological polar surface area (TPSA) is 60.0 Å². The molecule has 0 radical (unpaired) electrons. The van der Waals surface area contributed by atoms with Crippen LogP contribution in [-0.2, 0) is 20.0 Å². The molecular formula is C17H17FN6S. The van der Waals surface area contributed by atoms with Crippen LogP contribution in [0.2, 0.25) is 0 Å².